The minimum absolute atomic E-state index is 0.445. The Morgan fingerprint density at radius 1 is 1.43 bits per heavy atom. The smallest absolute Gasteiger partial charge is 0.117 e. The van der Waals surface area contributed by atoms with E-state index in [4.69, 9.17) is 10.2 Å². The van der Waals surface area contributed by atoms with Crippen molar-refractivity contribution in [3.8, 4) is 0 Å². The molecule has 4 nitrogen and oxygen atoms in total. The van der Waals surface area contributed by atoms with Crippen molar-refractivity contribution in [3.63, 3.8) is 0 Å². The second kappa shape index (κ2) is 3.67. The van der Waals surface area contributed by atoms with Gasteiger partial charge in [-0.05, 0) is 12.1 Å². The van der Waals surface area contributed by atoms with Crippen LogP contribution in [-0.2, 0) is 20.0 Å². The molecule has 2 heterocycles. The Hall–Kier alpha value is -1.55. The summed E-state index contributed by atoms with van der Waals surface area (Å²) >= 11 is 0. The largest absolute Gasteiger partial charge is 0.464 e. The molecule has 0 unspecified atom stereocenters. The molecule has 74 valence electrons. The van der Waals surface area contributed by atoms with Gasteiger partial charge in [0.15, 0.2) is 0 Å². The highest BCUT2D eigenvalue weighted by molar-refractivity contribution is 5.11. The van der Waals surface area contributed by atoms with E-state index in [1.54, 1.807) is 6.20 Å². The van der Waals surface area contributed by atoms with E-state index >= 15 is 0 Å². The van der Waals surface area contributed by atoms with Crippen LogP contribution in [0.5, 0.6) is 0 Å². The third-order valence-corrected chi connectivity index (χ3v) is 2.17. The fourth-order valence-corrected chi connectivity index (χ4v) is 1.35. The van der Waals surface area contributed by atoms with Gasteiger partial charge in [-0.15, -0.1) is 0 Å². The maximum absolute atomic E-state index is 5.48. The molecule has 0 aliphatic heterocycles. The van der Waals surface area contributed by atoms with E-state index in [1.165, 1.54) is 0 Å². The Morgan fingerprint density at radius 2 is 2.21 bits per heavy atom. The van der Waals surface area contributed by atoms with Crippen LogP contribution in [0, 0.1) is 0 Å². The standard InChI is InChI=1S/C10H13N3O/c1-13-5-4-12-10(13)6-8-2-3-9(7-11)14-8/h2-5H,6-7,11H2,1H3. The zero-order valence-corrected chi connectivity index (χ0v) is 8.10. The molecule has 0 spiro atoms. The summed E-state index contributed by atoms with van der Waals surface area (Å²) in [4.78, 5) is 4.22. The van der Waals surface area contributed by atoms with Gasteiger partial charge in [-0.2, -0.15) is 0 Å². The lowest BCUT2D eigenvalue weighted by Crippen LogP contribution is -1.97. The van der Waals surface area contributed by atoms with E-state index < -0.39 is 0 Å². The summed E-state index contributed by atoms with van der Waals surface area (Å²) in [5.41, 5.74) is 5.45. The zero-order valence-electron chi connectivity index (χ0n) is 8.10. The van der Waals surface area contributed by atoms with E-state index in [0.29, 0.717) is 13.0 Å². The maximum Gasteiger partial charge on any atom is 0.117 e. The minimum Gasteiger partial charge on any atom is -0.464 e. The van der Waals surface area contributed by atoms with Crippen molar-refractivity contribution < 1.29 is 4.42 Å². The Balaban J connectivity index is 2.15. The lowest BCUT2D eigenvalue weighted by molar-refractivity contribution is 0.471. The molecule has 0 saturated carbocycles. The van der Waals surface area contributed by atoms with Gasteiger partial charge in [-0.3, -0.25) is 0 Å². The topological polar surface area (TPSA) is 57.0 Å². The third-order valence-electron chi connectivity index (χ3n) is 2.17. The van der Waals surface area contributed by atoms with E-state index in [2.05, 4.69) is 4.98 Å². The molecule has 0 radical (unpaired) electrons. The molecule has 2 aromatic heterocycles. The molecule has 2 N–H and O–H groups in total. The monoisotopic (exact) mass is 191 g/mol. The van der Waals surface area contributed by atoms with Gasteiger partial charge >= 0.3 is 0 Å². The van der Waals surface area contributed by atoms with Crippen LogP contribution in [0.25, 0.3) is 0 Å². The molecular weight excluding hydrogens is 178 g/mol. The molecule has 0 aliphatic carbocycles. The van der Waals surface area contributed by atoms with Crippen molar-refractivity contribution in [2.75, 3.05) is 0 Å². The molecule has 4 heteroatoms. The molecule has 0 aliphatic rings. The second-order valence-electron chi connectivity index (χ2n) is 3.20. The van der Waals surface area contributed by atoms with Crippen molar-refractivity contribution >= 4 is 0 Å². The number of nitrogens with zero attached hydrogens (tertiary/aromatic N) is 2. The summed E-state index contributed by atoms with van der Waals surface area (Å²) in [5, 5.41) is 0. The number of furan rings is 1. The van der Waals surface area contributed by atoms with Crippen LogP contribution >= 0.6 is 0 Å². The van der Waals surface area contributed by atoms with Crippen molar-refractivity contribution in [1.29, 1.82) is 0 Å². The van der Waals surface area contributed by atoms with Crippen molar-refractivity contribution in [3.05, 3.63) is 41.9 Å². The highest BCUT2D eigenvalue weighted by Crippen LogP contribution is 2.11. The number of imidazole rings is 1. The minimum atomic E-state index is 0.445. The molecule has 14 heavy (non-hydrogen) atoms. The molecule has 0 fully saturated rings. The van der Waals surface area contributed by atoms with Gasteiger partial charge in [0.2, 0.25) is 0 Å². The van der Waals surface area contributed by atoms with Gasteiger partial charge in [0.25, 0.3) is 0 Å². The van der Waals surface area contributed by atoms with Crippen LogP contribution in [0.4, 0.5) is 0 Å². The summed E-state index contributed by atoms with van der Waals surface area (Å²) in [6.07, 6.45) is 4.41. The van der Waals surface area contributed by atoms with Crippen LogP contribution in [0.15, 0.2) is 28.9 Å². The first-order valence-electron chi connectivity index (χ1n) is 4.53. The molecule has 0 amide bonds. The summed E-state index contributed by atoms with van der Waals surface area (Å²) in [6.45, 7) is 0.445. The summed E-state index contributed by atoms with van der Waals surface area (Å²) in [7, 11) is 1.97. The Kier molecular flexibility index (Phi) is 2.37. The average molecular weight is 191 g/mol. The van der Waals surface area contributed by atoms with Crippen LogP contribution in [0.2, 0.25) is 0 Å². The van der Waals surface area contributed by atoms with Crippen molar-refractivity contribution in [2.45, 2.75) is 13.0 Å². The van der Waals surface area contributed by atoms with Crippen LogP contribution in [-0.4, -0.2) is 9.55 Å². The second-order valence-corrected chi connectivity index (χ2v) is 3.20. The van der Waals surface area contributed by atoms with Gasteiger partial charge in [-0.25, -0.2) is 4.98 Å². The molecular formula is C10H13N3O. The van der Waals surface area contributed by atoms with E-state index in [0.717, 1.165) is 17.3 Å². The van der Waals surface area contributed by atoms with E-state index in [9.17, 15) is 0 Å². The molecule has 0 atom stereocenters. The molecule has 2 rings (SSSR count). The SMILES string of the molecule is Cn1ccnc1Cc1ccc(CN)o1. The van der Waals surface area contributed by atoms with Crippen molar-refractivity contribution in [2.24, 2.45) is 12.8 Å². The first kappa shape index (κ1) is 9.02. The molecule has 2 aromatic rings. The van der Waals surface area contributed by atoms with E-state index in [-0.39, 0.29) is 0 Å². The van der Waals surface area contributed by atoms with Gasteiger partial charge in [0.1, 0.15) is 17.3 Å². The summed E-state index contributed by atoms with van der Waals surface area (Å²) < 4.78 is 7.46. The van der Waals surface area contributed by atoms with Gasteiger partial charge in [0.05, 0.1) is 13.0 Å². The number of nitrogens with two attached hydrogens (primary N) is 1. The predicted molar refractivity (Wildman–Crippen MR) is 52.6 cm³/mol. The van der Waals surface area contributed by atoms with Crippen LogP contribution in [0.3, 0.4) is 0 Å². The lowest BCUT2D eigenvalue weighted by Gasteiger charge is -1.98. The number of hydrogen-bond donors (Lipinski definition) is 1. The quantitative estimate of drug-likeness (QED) is 0.789. The van der Waals surface area contributed by atoms with E-state index in [1.807, 2.05) is 29.9 Å². The van der Waals surface area contributed by atoms with Gasteiger partial charge < -0.3 is 14.7 Å². The Labute approximate surface area is 82.4 Å². The highest BCUT2D eigenvalue weighted by Gasteiger charge is 2.05. The number of aromatic nitrogens is 2. The maximum atomic E-state index is 5.48. The fraction of sp³-hybridized carbons (Fsp3) is 0.300. The first-order chi connectivity index (χ1) is 6.79. The number of rotatable bonds is 3. The first-order valence-corrected chi connectivity index (χ1v) is 4.53. The number of aryl methyl sites for hydroxylation is 1. The van der Waals surface area contributed by atoms with Gasteiger partial charge in [-0.1, -0.05) is 0 Å². The van der Waals surface area contributed by atoms with Crippen molar-refractivity contribution in [1.82, 2.24) is 9.55 Å². The van der Waals surface area contributed by atoms with Gasteiger partial charge in [0, 0.05) is 19.4 Å². The predicted octanol–water partition coefficient (Wildman–Crippen LogP) is 1.06. The fourth-order valence-electron chi connectivity index (χ4n) is 1.35. The Morgan fingerprint density at radius 3 is 2.79 bits per heavy atom. The average Bonchev–Trinajstić information content (AvgIpc) is 2.77. The lowest BCUT2D eigenvalue weighted by atomic mass is 10.3. The zero-order chi connectivity index (χ0) is 9.97. The number of hydrogen-bond acceptors (Lipinski definition) is 3. The molecule has 0 bridgehead atoms. The van der Waals surface area contributed by atoms with Crippen LogP contribution < -0.4 is 5.73 Å². The normalized spacial score (nSPS) is 10.7. The summed E-state index contributed by atoms with van der Waals surface area (Å²) in [6, 6.07) is 3.84. The van der Waals surface area contributed by atoms with Crippen LogP contribution in [0.1, 0.15) is 17.3 Å². The molecule has 0 aromatic carbocycles. The molecule has 0 saturated heterocycles. The highest BCUT2D eigenvalue weighted by atomic mass is 16.3. The summed E-state index contributed by atoms with van der Waals surface area (Å²) in [5.74, 6) is 2.71. The Bertz CT molecular complexity index is 416. The third kappa shape index (κ3) is 1.70.